The number of ether oxygens (including phenoxy) is 3. The zero-order valence-electron chi connectivity index (χ0n) is 10.3. The van der Waals surface area contributed by atoms with Crippen LogP contribution in [0, 0.1) is 0 Å². The molecule has 4 nitrogen and oxygen atoms in total. The highest BCUT2D eigenvalue weighted by Gasteiger charge is 2.51. The topological polar surface area (TPSA) is 44.8 Å². The van der Waals surface area contributed by atoms with E-state index in [9.17, 15) is 4.79 Å². The van der Waals surface area contributed by atoms with Gasteiger partial charge in [0.15, 0.2) is 5.79 Å². The van der Waals surface area contributed by atoms with Gasteiger partial charge in [-0.25, -0.2) is 0 Å². The number of esters is 1. The number of carbonyl (C=O) groups excluding carboxylic acids is 1. The van der Waals surface area contributed by atoms with Crippen molar-refractivity contribution in [2.75, 3.05) is 6.61 Å². The quantitative estimate of drug-likeness (QED) is 0.412. The monoisotopic (exact) mass is 354 g/mol. The van der Waals surface area contributed by atoms with Crippen molar-refractivity contribution in [1.82, 2.24) is 0 Å². The fourth-order valence-corrected chi connectivity index (χ4v) is 3.68. The van der Waals surface area contributed by atoms with Gasteiger partial charge in [-0.15, -0.1) is 0 Å². The van der Waals surface area contributed by atoms with Gasteiger partial charge in [-0.1, -0.05) is 22.6 Å². The fourth-order valence-electron chi connectivity index (χ4n) is 2.61. The van der Waals surface area contributed by atoms with Gasteiger partial charge in [0.1, 0.15) is 10.0 Å². The van der Waals surface area contributed by atoms with Crippen LogP contribution in [0.15, 0.2) is 0 Å². The molecule has 0 aromatic heterocycles. The zero-order valence-corrected chi connectivity index (χ0v) is 12.4. The van der Waals surface area contributed by atoms with Crippen molar-refractivity contribution in [3.05, 3.63) is 0 Å². The van der Waals surface area contributed by atoms with E-state index in [1.165, 1.54) is 6.92 Å². The van der Waals surface area contributed by atoms with Crippen molar-refractivity contribution in [2.24, 2.45) is 0 Å². The van der Waals surface area contributed by atoms with E-state index in [-0.39, 0.29) is 22.1 Å². The maximum Gasteiger partial charge on any atom is 0.302 e. The molecule has 2 saturated heterocycles. The van der Waals surface area contributed by atoms with Crippen LogP contribution in [-0.2, 0) is 19.0 Å². The lowest BCUT2D eigenvalue weighted by Crippen LogP contribution is -2.58. The lowest BCUT2D eigenvalue weighted by atomic mass is 9.93. The summed E-state index contributed by atoms with van der Waals surface area (Å²) < 4.78 is 17.4. The van der Waals surface area contributed by atoms with Gasteiger partial charge in [0.25, 0.3) is 0 Å². The summed E-state index contributed by atoms with van der Waals surface area (Å²) in [6, 6.07) is 0. The van der Waals surface area contributed by atoms with Gasteiger partial charge in [0.2, 0.25) is 0 Å². The van der Waals surface area contributed by atoms with Crippen LogP contribution in [0.2, 0.25) is 0 Å². The molecule has 0 amide bonds. The van der Waals surface area contributed by atoms with E-state index in [0.29, 0.717) is 0 Å². The molecule has 0 aromatic rings. The van der Waals surface area contributed by atoms with Gasteiger partial charge in [-0.05, 0) is 19.8 Å². The number of alkyl halides is 1. The third kappa shape index (κ3) is 2.93. The number of hydrogen-bond donors (Lipinski definition) is 0. The summed E-state index contributed by atoms with van der Waals surface area (Å²) in [6.45, 7) is 4.20. The first-order valence-electron chi connectivity index (χ1n) is 6.16. The lowest BCUT2D eigenvalue weighted by Gasteiger charge is -2.48. The minimum Gasteiger partial charge on any atom is -0.461 e. The molecule has 98 valence electrons. The van der Waals surface area contributed by atoms with E-state index in [4.69, 9.17) is 14.2 Å². The predicted octanol–water partition coefficient (Wildman–Crippen LogP) is 2.43. The molecule has 1 spiro atoms. The zero-order chi connectivity index (χ0) is 12.5. The average Bonchev–Trinajstić information content (AvgIpc) is 2.26. The molecular weight excluding hydrogens is 335 g/mol. The van der Waals surface area contributed by atoms with Gasteiger partial charge in [-0.3, -0.25) is 4.79 Å². The van der Waals surface area contributed by atoms with Crippen LogP contribution < -0.4 is 0 Å². The van der Waals surface area contributed by atoms with E-state index in [2.05, 4.69) is 22.6 Å². The largest absolute Gasteiger partial charge is 0.461 e. The van der Waals surface area contributed by atoms with Gasteiger partial charge in [-0.2, -0.15) is 0 Å². The molecule has 2 heterocycles. The molecule has 0 saturated carbocycles. The third-order valence-corrected chi connectivity index (χ3v) is 5.05. The fraction of sp³-hybridized carbons (Fsp3) is 0.917. The van der Waals surface area contributed by atoms with E-state index in [1.54, 1.807) is 0 Å². The summed E-state index contributed by atoms with van der Waals surface area (Å²) in [5.74, 6) is -0.770. The van der Waals surface area contributed by atoms with Crippen molar-refractivity contribution in [2.45, 2.75) is 61.5 Å². The summed E-state index contributed by atoms with van der Waals surface area (Å²) in [6.07, 6.45) is 3.81. The Morgan fingerprint density at radius 3 is 2.82 bits per heavy atom. The van der Waals surface area contributed by atoms with Crippen molar-refractivity contribution in [3.8, 4) is 0 Å². The standard InChI is InChI=1S/C12H19IO4/c1-8-7-10(16-9(2)14)11(13)12(17-8)5-3-4-6-15-12/h8,10-11H,3-7H2,1-2H3/t8-,10+,11-,12+/m1/s1. The smallest absolute Gasteiger partial charge is 0.302 e. The van der Waals surface area contributed by atoms with Gasteiger partial charge < -0.3 is 14.2 Å². The first kappa shape index (κ1) is 13.5. The Hall–Kier alpha value is 0.120. The van der Waals surface area contributed by atoms with Crippen molar-refractivity contribution >= 4 is 28.6 Å². The molecule has 17 heavy (non-hydrogen) atoms. The molecular formula is C12H19IO4. The highest BCUT2D eigenvalue weighted by molar-refractivity contribution is 14.1. The summed E-state index contributed by atoms with van der Waals surface area (Å²) in [5.41, 5.74) is 0. The highest BCUT2D eigenvalue weighted by atomic mass is 127. The molecule has 0 N–H and O–H groups in total. The van der Waals surface area contributed by atoms with Crippen LogP contribution in [0.5, 0.6) is 0 Å². The molecule has 2 fully saturated rings. The van der Waals surface area contributed by atoms with E-state index in [1.807, 2.05) is 6.92 Å². The van der Waals surface area contributed by atoms with Gasteiger partial charge in [0, 0.05) is 19.8 Å². The summed E-state index contributed by atoms with van der Waals surface area (Å²) >= 11 is 2.31. The average molecular weight is 354 g/mol. The second-order valence-electron chi connectivity index (χ2n) is 4.83. The second-order valence-corrected chi connectivity index (χ2v) is 6.17. The Morgan fingerprint density at radius 1 is 1.47 bits per heavy atom. The van der Waals surface area contributed by atoms with Gasteiger partial charge in [0.05, 0.1) is 12.7 Å². The van der Waals surface area contributed by atoms with Crippen molar-refractivity contribution in [3.63, 3.8) is 0 Å². The number of rotatable bonds is 1. The van der Waals surface area contributed by atoms with Crippen LogP contribution in [0.3, 0.4) is 0 Å². The molecule has 0 aromatic carbocycles. The molecule has 2 rings (SSSR count). The van der Waals surface area contributed by atoms with Crippen molar-refractivity contribution < 1.29 is 19.0 Å². The normalized spacial score (nSPS) is 42.4. The molecule has 0 aliphatic carbocycles. The van der Waals surface area contributed by atoms with Crippen LogP contribution in [0.25, 0.3) is 0 Å². The van der Waals surface area contributed by atoms with Crippen molar-refractivity contribution in [1.29, 1.82) is 0 Å². The Labute approximate surface area is 116 Å². The molecule has 0 unspecified atom stereocenters. The molecule has 2 aliphatic heterocycles. The van der Waals surface area contributed by atoms with Crippen LogP contribution in [0.1, 0.15) is 39.5 Å². The Bertz CT molecular complexity index is 288. The van der Waals surface area contributed by atoms with E-state index < -0.39 is 5.79 Å². The maximum atomic E-state index is 11.1. The summed E-state index contributed by atoms with van der Waals surface area (Å²) in [7, 11) is 0. The molecule has 5 heteroatoms. The minimum absolute atomic E-state index is 0.0699. The Balaban J connectivity index is 2.12. The third-order valence-electron chi connectivity index (χ3n) is 3.29. The second kappa shape index (κ2) is 5.40. The number of carbonyl (C=O) groups is 1. The lowest BCUT2D eigenvalue weighted by molar-refractivity contribution is -0.299. The van der Waals surface area contributed by atoms with E-state index >= 15 is 0 Å². The number of halogens is 1. The first-order valence-corrected chi connectivity index (χ1v) is 7.41. The van der Waals surface area contributed by atoms with Crippen LogP contribution in [0.4, 0.5) is 0 Å². The molecule has 0 radical (unpaired) electrons. The maximum absolute atomic E-state index is 11.1. The Kier molecular flexibility index (Phi) is 4.31. The van der Waals surface area contributed by atoms with E-state index in [0.717, 1.165) is 32.3 Å². The SMILES string of the molecule is CC(=O)O[C@H]1C[C@@H](C)O[C@@]2(CCCCO2)[C@@H]1I. The Morgan fingerprint density at radius 2 is 2.24 bits per heavy atom. The molecule has 2 aliphatic rings. The highest BCUT2D eigenvalue weighted by Crippen LogP contribution is 2.42. The minimum atomic E-state index is -0.545. The first-order chi connectivity index (χ1) is 8.03. The van der Waals surface area contributed by atoms with Gasteiger partial charge >= 0.3 is 5.97 Å². The van der Waals surface area contributed by atoms with Crippen LogP contribution in [-0.4, -0.2) is 34.5 Å². The summed E-state index contributed by atoms with van der Waals surface area (Å²) in [4.78, 5) is 11.1. The predicted molar refractivity (Wildman–Crippen MR) is 71.1 cm³/mol. The molecule has 0 bridgehead atoms. The van der Waals surface area contributed by atoms with Crippen LogP contribution >= 0.6 is 22.6 Å². The summed E-state index contributed by atoms with van der Waals surface area (Å²) in [5, 5.41) is 0. The number of hydrogen-bond acceptors (Lipinski definition) is 4. The molecule has 4 atom stereocenters.